The fourth-order valence-corrected chi connectivity index (χ4v) is 2.43. The van der Waals surface area contributed by atoms with Crippen molar-refractivity contribution in [1.82, 2.24) is 0 Å². The van der Waals surface area contributed by atoms with Crippen LogP contribution in [0.15, 0.2) is 22.7 Å². The Hall–Kier alpha value is -1.98. The van der Waals surface area contributed by atoms with E-state index in [-0.39, 0.29) is 11.1 Å². The molecule has 2 atom stereocenters. The van der Waals surface area contributed by atoms with Crippen molar-refractivity contribution < 1.29 is 30.0 Å². The van der Waals surface area contributed by atoms with Crippen LogP contribution in [0.3, 0.4) is 0 Å². The lowest BCUT2D eigenvalue weighted by atomic mass is 9.69. The molecular weight excluding hydrogens is 216 g/mol. The van der Waals surface area contributed by atoms with Crippen LogP contribution in [0.25, 0.3) is 0 Å². The van der Waals surface area contributed by atoms with Crippen LogP contribution in [0.2, 0.25) is 0 Å². The fraction of sp³-hybridized carbons (Fsp3) is 0.400. The van der Waals surface area contributed by atoms with Gasteiger partial charge in [-0.25, -0.2) is 9.59 Å². The molecule has 3 rings (SSSR count). The van der Waals surface area contributed by atoms with Crippen LogP contribution in [-0.2, 0) is 9.59 Å². The predicted octanol–water partition coefficient (Wildman–Crippen LogP) is 0.820. The topological polar surface area (TPSA) is 115 Å². The maximum atomic E-state index is 11.0. The van der Waals surface area contributed by atoms with Gasteiger partial charge in [0.1, 0.15) is 11.5 Å². The minimum Gasteiger partial charge on any atom is -0.508 e. The first-order valence-corrected chi connectivity index (χ1v) is 4.77. The molecule has 3 aliphatic rings. The molecule has 0 aromatic carbocycles. The zero-order valence-electron chi connectivity index (χ0n) is 8.17. The van der Waals surface area contributed by atoms with Gasteiger partial charge < -0.3 is 20.4 Å². The summed E-state index contributed by atoms with van der Waals surface area (Å²) in [5.41, 5.74) is -0.613. The second-order valence-corrected chi connectivity index (χ2v) is 3.89. The van der Waals surface area contributed by atoms with Crippen molar-refractivity contribution in [2.24, 2.45) is 11.8 Å². The summed E-state index contributed by atoms with van der Waals surface area (Å²) in [6.45, 7) is 0. The highest BCUT2D eigenvalue weighted by atomic mass is 16.4. The predicted molar refractivity (Wildman–Crippen MR) is 50.8 cm³/mol. The zero-order valence-corrected chi connectivity index (χ0v) is 8.17. The van der Waals surface area contributed by atoms with Gasteiger partial charge in [-0.1, -0.05) is 0 Å². The molecule has 3 aliphatic carbocycles. The molecule has 0 aromatic heterocycles. The molecule has 0 saturated heterocycles. The van der Waals surface area contributed by atoms with Gasteiger partial charge in [-0.2, -0.15) is 0 Å². The molecule has 0 heterocycles. The highest BCUT2D eigenvalue weighted by Gasteiger charge is 2.46. The third-order valence-corrected chi connectivity index (χ3v) is 3.11. The standard InChI is InChI=1S/C10H10O6/c11-7-3-1-2-4(8(7)12)6(10(15)16)5(3)9(13)14/h3-4,11-12H,1-2H2,(H,13,14)(H,15,16). The van der Waals surface area contributed by atoms with Crippen molar-refractivity contribution in [3.8, 4) is 0 Å². The number of carboxylic acids is 2. The van der Waals surface area contributed by atoms with Gasteiger partial charge in [-0.3, -0.25) is 0 Å². The van der Waals surface area contributed by atoms with Crippen LogP contribution >= 0.6 is 0 Å². The summed E-state index contributed by atoms with van der Waals surface area (Å²) >= 11 is 0. The van der Waals surface area contributed by atoms with Gasteiger partial charge in [0.25, 0.3) is 0 Å². The highest BCUT2D eigenvalue weighted by molar-refractivity contribution is 6.01. The van der Waals surface area contributed by atoms with E-state index in [0.717, 1.165) is 0 Å². The summed E-state index contributed by atoms with van der Waals surface area (Å²) < 4.78 is 0. The summed E-state index contributed by atoms with van der Waals surface area (Å²) in [6.07, 6.45) is 0.692. The Kier molecular flexibility index (Phi) is 2.15. The number of aliphatic hydroxyl groups excluding tert-OH is 2. The molecule has 4 N–H and O–H groups in total. The highest BCUT2D eigenvalue weighted by Crippen LogP contribution is 2.46. The van der Waals surface area contributed by atoms with Gasteiger partial charge in [0.2, 0.25) is 0 Å². The Labute approximate surface area is 90.1 Å². The lowest BCUT2D eigenvalue weighted by Gasteiger charge is -2.35. The second-order valence-electron chi connectivity index (χ2n) is 3.89. The van der Waals surface area contributed by atoms with E-state index in [0.29, 0.717) is 12.8 Å². The molecule has 2 unspecified atom stereocenters. The average Bonchev–Trinajstić information content (AvgIpc) is 2.23. The minimum absolute atomic E-state index is 0.306. The summed E-state index contributed by atoms with van der Waals surface area (Å²) in [7, 11) is 0. The van der Waals surface area contributed by atoms with Crippen LogP contribution in [0.5, 0.6) is 0 Å². The Bertz CT molecular complexity index is 404. The number of aliphatic carboxylic acids is 2. The first-order chi connectivity index (χ1) is 7.45. The van der Waals surface area contributed by atoms with Crippen LogP contribution in [-0.4, -0.2) is 32.4 Å². The Balaban J connectivity index is 2.62. The molecule has 0 fully saturated rings. The van der Waals surface area contributed by atoms with Crippen LogP contribution in [0.1, 0.15) is 12.8 Å². The van der Waals surface area contributed by atoms with Gasteiger partial charge >= 0.3 is 11.9 Å². The number of allylic oxidation sites excluding steroid dienone is 2. The van der Waals surface area contributed by atoms with Crippen molar-refractivity contribution in [2.75, 3.05) is 0 Å². The number of hydrogen-bond donors (Lipinski definition) is 4. The van der Waals surface area contributed by atoms with Gasteiger partial charge in [0, 0.05) is 0 Å². The Morgan fingerprint density at radius 1 is 0.875 bits per heavy atom. The molecule has 6 heteroatoms. The van der Waals surface area contributed by atoms with Crippen LogP contribution in [0.4, 0.5) is 0 Å². The molecule has 0 amide bonds. The van der Waals surface area contributed by atoms with E-state index < -0.39 is 35.3 Å². The van der Waals surface area contributed by atoms with Gasteiger partial charge in [0.05, 0.1) is 23.0 Å². The van der Waals surface area contributed by atoms with E-state index in [2.05, 4.69) is 0 Å². The molecule has 0 aromatic rings. The van der Waals surface area contributed by atoms with Gasteiger partial charge in [0.15, 0.2) is 0 Å². The molecule has 2 bridgehead atoms. The van der Waals surface area contributed by atoms with Crippen molar-refractivity contribution in [2.45, 2.75) is 12.8 Å². The van der Waals surface area contributed by atoms with Gasteiger partial charge in [-0.05, 0) is 12.8 Å². The fourth-order valence-electron chi connectivity index (χ4n) is 2.43. The molecule has 0 aliphatic heterocycles. The molecule has 0 spiro atoms. The number of fused-ring (bicyclic) bond motifs is 1. The van der Waals surface area contributed by atoms with E-state index in [1.807, 2.05) is 0 Å². The van der Waals surface area contributed by atoms with Crippen molar-refractivity contribution >= 4 is 11.9 Å². The Morgan fingerprint density at radius 2 is 1.19 bits per heavy atom. The maximum Gasteiger partial charge on any atom is 0.332 e. The summed E-state index contributed by atoms with van der Waals surface area (Å²) in [5, 5.41) is 36.9. The minimum atomic E-state index is -1.36. The quantitative estimate of drug-likeness (QED) is 0.554. The summed E-state index contributed by atoms with van der Waals surface area (Å²) in [5.74, 6) is -5.31. The summed E-state index contributed by atoms with van der Waals surface area (Å²) in [4.78, 5) is 21.9. The third-order valence-electron chi connectivity index (χ3n) is 3.11. The normalized spacial score (nSPS) is 28.5. The smallest absolute Gasteiger partial charge is 0.332 e. The zero-order chi connectivity index (χ0) is 12.0. The van der Waals surface area contributed by atoms with Crippen molar-refractivity contribution in [3.63, 3.8) is 0 Å². The second kappa shape index (κ2) is 3.26. The van der Waals surface area contributed by atoms with Crippen molar-refractivity contribution in [1.29, 1.82) is 0 Å². The molecule has 0 saturated carbocycles. The molecule has 86 valence electrons. The number of rotatable bonds is 2. The molecule has 6 nitrogen and oxygen atoms in total. The molecule has 0 radical (unpaired) electrons. The van der Waals surface area contributed by atoms with E-state index in [4.69, 9.17) is 10.2 Å². The number of aliphatic hydroxyl groups is 2. The maximum absolute atomic E-state index is 11.0. The SMILES string of the molecule is O=C(O)C1=C(C(=O)O)C2CCC1C(O)=C2O. The number of carboxylic acid groups (broad SMARTS) is 2. The van der Waals surface area contributed by atoms with E-state index in [1.54, 1.807) is 0 Å². The third kappa shape index (κ3) is 1.19. The van der Waals surface area contributed by atoms with E-state index in [1.165, 1.54) is 0 Å². The molecule has 16 heavy (non-hydrogen) atoms. The van der Waals surface area contributed by atoms with E-state index >= 15 is 0 Å². The van der Waals surface area contributed by atoms with Crippen molar-refractivity contribution in [3.05, 3.63) is 22.7 Å². The number of hydrogen-bond acceptors (Lipinski definition) is 4. The largest absolute Gasteiger partial charge is 0.508 e. The van der Waals surface area contributed by atoms with E-state index in [9.17, 15) is 19.8 Å². The Morgan fingerprint density at radius 3 is 1.44 bits per heavy atom. The van der Waals surface area contributed by atoms with Crippen LogP contribution < -0.4 is 0 Å². The first-order valence-electron chi connectivity index (χ1n) is 4.77. The molecular formula is C10H10O6. The summed E-state index contributed by atoms with van der Waals surface area (Å²) in [6, 6.07) is 0. The monoisotopic (exact) mass is 226 g/mol. The average molecular weight is 226 g/mol. The number of carbonyl (C=O) groups is 2. The lowest BCUT2D eigenvalue weighted by molar-refractivity contribution is -0.137. The lowest BCUT2D eigenvalue weighted by Crippen LogP contribution is -2.35. The van der Waals surface area contributed by atoms with Crippen LogP contribution in [0, 0.1) is 11.8 Å². The van der Waals surface area contributed by atoms with Gasteiger partial charge in [-0.15, -0.1) is 0 Å². The first kappa shape index (κ1) is 10.5.